The predicted molar refractivity (Wildman–Crippen MR) is 126 cm³/mol. The lowest BCUT2D eigenvalue weighted by molar-refractivity contribution is -0.136. The molecule has 32 heavy (non-hydrogen) atoms. The topological polar surface area (TPSA) is 123 Å². The molecule has 0 saturated carbocycles. The largest absolute Gasteiger partial charge is 0.493 e. The molecule has 10 nitrogen and oxygen atoms in total. The van der Waals surface area contributed by atoms with E-state index in [2.05, 4.69) is 22.2 Å². The van der Waals surface area contributed by atoms with Crippen molar-refractivity contribution in [1.29, 1.82) is 0 Å². The van der Waals surface area contributed by atoms with Crippen molar-refractivity contribution in [1.82, 2.24) is 20.2 Å². The minimum Gasteiger partial charge on any atom is -0.493 e. The number of amides is 2. The Morgan fingerprint density at radius 3 is 2.38 bits per heavy atom. The number of unbranched alkanes of at least 4 members (excludes halogenated alkanes) is 1. The van der Waals surface area contributed by atoms with Crippen molar-refractivity contribution in [2.75, 3.05) is 57.6 Å². The van der Waals surface area contributed by atoms with E-state index in [4.69, 9.17) is 15.2 Å². The number of nitrogens with one attached hydrogen (secondary N) is 1. The van der Waals surface area contributed by atoms with Gasteiger partial charge in [0.2, 0.25) is 17.8 Å². The van der Waals surface area contributed by atoms with E-state index >= 15 is 0 Å². The molecule has 0 aliphatic carbocycles. The van der Waals surface area contributed by atoms with Crippen LogP contribution in [0.4, 0.5) is 11.8 Å². The Morgan fingerprint density at radius 1 is 1.09 bits per heavy atom. The number of halogens is 1. The number of carbonyl (C=O) groups excluding carboxylic acids is 2. The Hall–Kier alpha value is -3.01. The summed E-state index contributed by atoms with van der Waals surface area (Å²) in [7, 11) is 3.13. The van der Waals surface area contributed by atoms with Crippen LogP contribution in [0.3, 0.4) is 0 Å². The van der Waals surface area contributed by atoms with Gasteiger partial charge in [0.25, 0.3) is 0 Å². The highest BCUT2D eigenvalue weighted by Gasteiger charge is 2.25. The number of nitrogens with zero attached hydrogens (tertiary/aromatic N) is 4. The Balaban J connectivity index is 0.00000363. The van der Waals surface area contributed by atoms with Crippen LogP contribution in [0.2, 0.25) is 0 Å². The average Bonchev–Trinajstić information content (AvgIpc) is 2.78. The van der Waals surface area contributed by atoms with E-state index < -0.39 is 0 Å². The molecular formula is C21H31ClN6O4. The van der Waals surface area contributed by atoms with Crippen molar-refractivity contribution >= 4 is 46.9 Å². The second kappa shape index (κ2) is 11.6. The molecule has 1 aromatic carbocycles. The van der Waals surface area contributed by atoms with Crippen molar-refractivity contribution in [3.05, 3.63) is 12.1 Å². The molecule has 3 N–H and O–H groups in total. The number of piperazine rings is 1. The molecule has 176 valence electrons. The number of nitrogens with two attached hydrogens (primary N) is 1. The third-order valence-corrected chi connectivity index (χ3v) is 5.30. The smallest absolute Gasteiger partial charge is 0.232 e. The molecule has 1 saturated heterocycles. The SMILES string of the molecule is CCCCNC(=O)CC(=O)N1CCN(c2nc(N)c3cc(OC)c(OC)cc3n2)CC1.Cl. The molecule has 2 aromatic rings. The lowest BCUT2D eigenvalue weighted by atomic mass is 10.2. The quantitative estimate of drug-likeness (QED) is 0.444. The standard InChI is InChI=1S/C21H30N6O4.ClH/c1-4-5-6-23-18(28)13-19(29)26-7-9-27(10-8-26)21-24-15-12-17(31-3)16(30-2)11-14(15)20(22)25-21;/h11-12H,4-10,13H2,1-3H3,(H,23,28)(H2,22,24,25);1H. The van der Waals surface area contributed by atoms with E-state index in [0.717, 1.165) is 12.8 Å². The maximum atomic E-state index is 12.4. The number of fused-ring (bicyclic) bond motifs is 1. The van der Waals surface area contributed by atoms with Gasteiger partial charge in [-0.3, -0.25) is 9.59 Å². The summed E-state index contributed by atoms with van der Waals surface area (Å²) in [6, 6.07) is 3.53. The molecule has 0 atom stereocenters. The first-order valence-corrected chi connectivity index (χ1v) is 10.5. The van der Waals surface area contributed by atoms with Gasteiger partial charge in [-0.2, -0.15) is 4.98 Å². The van der Waals surface area contributed by atoms with Crippen LogP contribution in [0, 0.1) is 0 Å². The molecule has 1 aliphatic heterocycles. The normalized spacial score (nSPS) is 13.5. The van der Waals surface area contributed by atoms with Gasteiger partial charge in [-0.15, -0.1) is 12.4 Å². The van der Waals surface area contributed by atoms with Crippen molar-refractivity contribution in [2.24, 2.45) is 0 Å². The monoisotopic (exact) mass is 466 g/mol. The Bertz CT molecular complexity index is 950. The molecule has 2 amide bonds. The lowest BCUT2D eigenvalue weighted by Crippen LogP contribution is -2.50. The van der Waals surface area contributed by atoms with E-state index in [-0.39, 0.29) is 30.6 Å². The van der Waals surface area contributed by atoms with Crippen LogP contribution in [-0.4, -0.2) is 73.6 Å². The summed E-state index contributed by atoms with van der Waals surface area (Å²) in [6.45, 7) is 4.76. The molecule has 0 bridgehead atoms. The maximum Gasteiger partial charge on any atom is 0.232 e. The summed E-state index contributed by atoms with van der Waals surface area (Å²) >= 11 is 0. The first kappa shape index (κ1) is 25.3. The first-order valence-electron chi connectivity index (χ1n) is 10.5. The molecule has 3 rings (SSSR count). The van der Waals surface area contributed by atoms with Gasteiger partial charge in [-0.1, -0.05) is 13.3 Å². The highest BCUT2D eigenvalue weighted by molar-refractivity contribution is 5.97. The number of benzene rings is 1. The van der Waals surface area contributed by atoms with Crippen LogP contribution in [0.1, 0.15) is 26.2 Å². The van der Waals surface area contributed by atoms with Crippen molar-refractivity contribution in [3.63, 3.8) is 0 Å². The Labute approximate surface area is 193 Å². The molecule has 0 unspecified atom stereocenters. The zero-order valence-electron chi connectivity index (χ0n) is 18.7. The summed E-state index contributed by atoms with van der Waals surface area (Å²) in [5.74, 6) is 1.58. The first-order chi connectivity index (χ1) is 15.0. The average molecular weight is 467 g/mol. The second-order valence-corrected chi connectivity index (χ2v) is 7.38. The van der Waals surface area contributed by atoms with E-state index in [9.17, 15) is 9.59 Å². The van der Waals surface area contributed by atoms with Gasteiger partial charge < -0.3 is 30.3 Å². The van der Waals surface area contributed by atoms with E-state index in [1.165, 1.54) is 0 Å². The van der Waals surface area contributed by atoms with Crippen molar-refractivity contribution < 1.29 is 19.1 Å². The van der Waals surface area contributed by atoms with E-state index in [1.54, 1.807) is 31.3 Å². The third kappa shape index (κ3) is 5.82. The van der Waals surface area contributed by atoms with Crippen LogP contribution < -0.4 is 25.4 Å². The summed E-state index contributed by atoms with van der Waals surface area (Å²) in [5, 5.41) is 3.46. The van der Waals surface area contributed by atoms with E-state index in [0.29, 0.717) is 66.9 Å². The fourth-order valence-corrected chi connectivity index (χ4v) is 3.48. The zero-order valence-corrected chi connectivity index (χ0v) is 19.5. The van der Waals surface area contributed by atoms with Crippen LogP contribution in [0.25, 0.3) is 10.9 Å². The number of methoxy groups -OCH3 is 2. The number of hydrogen-bond acceptors (Lipinski definition) is 8. The summed E-state index contributed by atoms with van der Waals surface area (Å²) in [6.07, 6.45) is 1.79. The summed E-state index contributed by atoms with van der Waals surface area (Å²) in [4.78, 5) is 37.1. The predicted octanol–water partition coefficient (Wildman–Crippen LogP) is 1.61. The van der Waals surface area contributed by atoms with Crippen LogP contribution >= 0.6 is 12.4 Å². The van der Waals surface area contributed by atoms with Gasteiger partial charge in [-0.05, 0) is 12.5 Å². The van der Waals surface area contributed by atoms with Gasteiger partial charge in [0, 0.05) is 44.2 Å². The highest BCUT2D eigenvalue weighted by atomic mass is 35.5. The number of rotatable bonds is 8. The maximum absolute atomic E-state index is 12.4. The highest BCUT2D eigenvalue weighted by Crippen LogP contribution is 2.34. The molecule has 0 radical (unpaired) electrons. The zero-order chi connectivity index (χ0) is 22.4. The third-order valence-electron chi connectivity index (χ3n) is 5.30. The van der Waals surface area contributed by atoms with Gasteiger partial charge in [0.1, 0.15) is 12.2 Å². The van der Waals surface area contributed by atoms with Gasteiger partial charge in [-0.25, -0.2) is 4.98 Å². The van der Waals surface area contributed by atoms with Gasteiger partial charge in [0.05, 0.1) is 19.7 Å². The van der Waals surface area contributed by atoms with Gasteiger partial charge in [0.15, 0.2) is 11.5 Å². The van der Waals surface area contributed by atoms with Crippen molar-refractivity contribution in [3.8, 4) is 11.5 Å². The Kier molecular flexibility index (Phi) is 9.13. The molecule has 1 aliphatic rings. The Morgan fingerprint density at radius 2 is 1.75 bits per heavy atom. The number of carbonyl (C=O) groups is 2. The molecular weight excluding hydrogens is 436 g/mol. The second-order valence-electron chi connectivity index (χ2n) is 7.38. The number of anilines is 2. The van der Waals surface area contributed by atoms with Crippen LogP contribution in [-0.2, 0) is 9.59 Å². The number of hydrogen-bond donors (Lipinski definition) is 2. The number of aromatic nitrogens is 2. The molecule has 2 heterocycles. The molecule has 11 heteroatoms. The van der Waals surface area contributed by atoms with Gasteiger partial charge >= 0.3 is 0 Å². The van der Waals surface area contributed by atoms with Crippen molar-refractivity contribution in [2.45, 2.75) is 26.2 Å². The van der Waals surface area contributed by atoms with E-state index in [1.807, 2.05) is 4.90 Å². The lowest BCUT2D eigenvalue weighted by Gasteiger charge is -2.34. The summed E-state index contributed by atoms with van der Waals surface area (Å²) < 4.78 is 10.7. The molecule has 1 aromatic heterocycles. The summed E-state index contributed by atoms with van der Waals surface area (Å²) in [5.41, 5.74) is 6.83. The fourth-order valence-electron chi connectivity index (χ4n) is 3.48. The molecule has 1 fully saturated rings. The minimum absolute atomic E-state index is 0. The van der Waals surface area contributed by atoms with Crippen LogP contribution in [0.5, 0.6) is 11.5 Å². The van der Waals surface area contributed by atoms with Crippen LogP contribution in [0.15, 0.2) is 12.1 Å². The fraction of sp³-hybridized carbons (Fsp3) is 0.524. The number of nitrogen functional groups attached to an aromatic ring is 1. The number of ether oxygens (including phenoxy) is 2. The molecule has 0 spiro atoms. The minimum atomic E-state index is -0.226.